The van der Waals surface area contributed by atoms with Crippen molar-refractivity contribution in [2.75, 3.05) is 27.9 Å². The molecule has 3 N–H and O–H groups in total. The number of fused-ring (bicyclic) bond motifs is 1. The average molecular weight is 567 g/mol. The van der Waals surface area contributed by atoms with Gasteiger partial charge in [0, 0.05) is 35.2 Å². The second-order valence-corrected chi connectivity index (χ2v) is 9.75. The summed E-state index contributed by atoms with van der Waals surface area (Å²) in [5.74, 6) is 2.54. The number of nitrogens with one attached hydrogen (secondary N) is 2. The van der Waals surface area contributed by atoms with Crippen molar-refractivity contribution in [3.05, 3.63) is 130 Å². The first kappa shape index (κ1) is 28.7. The van der Waals surface area contributed by atoms with E-state index in [1.54, 1.807) is 33.5 Å². The summed E-state index contributed by atoms with van der Waals surface area (Å²) in [5.41, 5.74) is 3.69. The molecule has 1 unspecified atom stereocenters. The van der Waals surface area contributed by atoms with Gasteiger partial charge in [0.05, 0.1) is 39.0 Å². The number of ether oxygens (including phenoxy) is 4. The maximum Gasteiger partial charge on any atom is 0.248 e. The molecule has 0 bridgehead atoms. The topological polar surface area (TPSA) is 102 Å². The molecular formula is C34H34N2O6. The second-order valence-electron chi connectivity index (χ2n) is 9.75. The van der Waals surface area contributed by atoms with E-state index in [0.717, 1.165) is 16.7 Å². The zero-order valence-electron chi connectivity index (χ0n) is 23.8. The first-order valence-corrected chi connectivity index (χ1v) is 13.6. The van der Waals surface area contributed by atoms with E-state index in [0.29, 0.717) is 46.1 Å². The Bertz CT molecular complexity index is 1700. The van der Waals surface area contributed by atoms with Crippen LogP contribution in [0.2, 0.25) is 0 Å². The molecule has 5 aromatic rings. The number of hydrogen-bond acceptors (Lipinski definition) is 7. The standard InChI is InChI=1S/C34H34N2O6/c1-39-23-13-14-27(31(19-23)41-3)33(26-11-7-8-12-29(26)40-2)35-20-28(37)24-15-17-30(34-25(24)16-18-32(38)36-34)42-21-22-9-5-4-6-10-22/h4-19,28,33,35,37H,20-21H2,1-3H3,(H,36,38)/t28?,33-/m1/s1. The summed E-state index contributed by atoms with van der Waals surface area (Å²) in [6, 6.07) is 29.6. The molecule has 8 heteroatoms. The lowest BCUT2D eigenvalue weighted by molar-refractivity contribution is 0.173. The number of aliphatic hydroxyl groups excluding tert-OH is 1. The predicted molar refractivity (Wildman–Crippen MR) is 163 cm³/mol. The van der Waals surface area contributed by atoms with E-state index in [-0.39, 0.29) is 18.1 Å². The quantitative estimate of drug-likeness (QED) is 0.182. The third kappa shape index (κ3) is 6.25. The van der Waals surface area contributed by atoms with Crippen LogP contribution in [0.3, 0.4) is 0 Å². The smallest absolute Gasteiger partial charge is 0.248 e. The lowest BCUT2D eigenvalue weighted by Gasteiger charge is -2.25. The minimum atomic E-state index is -0.914. The molecule has 2 atom stereocenters. The van der Waals surface area contributed by atoms with Gasteiger partial charge < -0.3 is 34.4 Å². The number of aliphatic hydroxyl groups is 1. The number of para-hydroxylation sites is 1. The summed E-state index contributed by atoms with van der Waals surface area (Å²) in [4.78, 5) is 15.2. The summed E-state index contributed by atoms with van der Waals surface area (Å²) >= 11 is 0. The highest BCUT2D eigenvalue weighted by Crippen LogP contribution is 2.37. The minimum Gasteiger partial charge on any atom is -0.497 e. The van der Waals surface area contributed by atoms with E-state index in [2.05, 4.69) is 10.3 Å². The molecule has 0 aliphatic rings. The van der Waals surface area contributed by atoms with Crippen LogP contribution in [0.4, 0.5) is 0 Å². The number of rotatable bonds is 12. The van der Waals surface area contributed by atoms with E-state index < -0.39 is 6.10 Å². The van der Waals surface area contributed by atoms with Crippen LogP contribution in [0.15, 0.2) is 102 Å². The van der Waals surface area contributed by atoms with Gasteiger partial charge in [-0.2, -0.15) is 0 Å². The van der Waals surface area contributed by atoms with Gasteiger partial charge in [-0.15, -0.1) is 0 Å². The summed E-state index contributed by atoms with van der Waals surface area (Å²) in [5, 5.41) is 15.7. The lowest BCUT2D eigenvalue weighted by Crippen LogP contribution is -2.28. The molecule has 0 radical (unpaired) electrons. The maximum absolute atomic E-state index is 12.3. The van der Waals surface area contributed by atoms with Crippen molar-refractivity contribution in [1.82, 2.24) is 10.3 Å². The van der Waals surface area contributed by atoms with Crippen LogP contribution in [0.25, 0.3) is 10.9 Å². The Morgan fingerprint density at radius 3 is 2.21 bits per heavy atom. The molecule has 8 nitrogen and oxygen atoms in total. The molecule has 0 saturated heterocycles. The van der Waals surface area contributed by atoms with Crippen molar-refractivity contribution in [2.24, 2.45) is 0 Å². The molecule has 0 aliphatic carbocycles. The van der Waals surface area contributed by atoms with E-state index in [9.17, 15) is 9.90 Å². The van der Waals surface area contributed by atoms with Gasteiger partial charge in [0.2, 0.25) is 5.56 Å². The molecule has 42 heavy (non-hydrogen) atoms. The number of pyridine rings is 1. The molecule has 1 aromatic heterocycles. The first-order chi connectivity index (χ1) is 20.5. The first-order valence-electron chi connectivity index (χ1n) is 13.6. The van der Waals surface area contributed by atoms with Gasteiger partial charge >= 0.3 is 0 Å². The van der Waals surface area contributed by atoms with Crippen molar-refractivity contribution in [2.45, 2.75) is 18.8 Å². The number of H-pyrrole nitrogens is 1. The molecule has 1 heterocycles. The van der Waals surface area contributed by atoms with Crippen molar-refractivity contribution in [1.29, 1.82) is 0 Å². The Labute approximate surface area is 244 Å². The van der Waals surface area contributed by atoms with Gasteiger partial charge in [0.25, 0.3) is 0 Å². The highest BCUT2D eigenvalue weighted by Gasteiger charge is 2.24. The fraction of sp³-hybridized carbons (Fsp3) is 0.206. The van der Waals surface area contributed by atoms with Crippen LogP contribution in [0.1, 0.15) is 34.4 Å². The SMILES string of the molecule is COc1ccc([C@H](NCC(O)c2ccc(OCc3ccccc3)c3[nH]c(=O)ccc23)c2ccccc2OC)c(OC)c1. The summed E-state index contributed by atoms with van der Waals surface area (Å²) in [7, 11) is 4.85. The van der Waals surface area contributed by atoms with Gasteiger partial charge in [-0.1, -0.05) is 54.6 Å². The monoisotopic (exact) mass is 566 g/mol. The summed E-state index contributed by atoms with van der Waals surface area (Å²) in [6.45, 7) is 0.539. The Morgan fingerprint density at radius 1 is 0.738 bits per heavy atom. The third-order valence-corrected chi connectivity index (χ3v) is 7.20. The molecular weight excluding hydrogens is 532 g/mol. The van der Waals surface area contributed by atoms with Crippen LogP contribution < -0.4 is 29.8 Å². The third-order valence-electron chi connectivity index (χ3n) is 7.20. The van der Waals surface area contributed by atoms with Gasteiger partial charge in [-0.25, -0.2) is 0 Å². The normalized spacial score (nSPS) is 12.5. The average Bonchev–Trinajstić information content (AvgIpc) is 3.04. The Morgan fingerprint density at radius 2 is 1.45 bits per heavy atom. The summed E-state index contributed by atoms with van der Waals surface area (Å²) < 4.78 is 22.9. The van der Waals surface area contributed by atoms with Crippen molar-refractivity contribution in [3.63, 3.8) is 0 Å². The predicted octanol–water partition coefficient (Wildman–Crippen LogP) is 5.55. The van der Waals surface area contributed by atoms with Crippen molar-refractivity contribution in [3.8, 4) is 23.0 Å². The van der Waals surface area contributed by atoms with Crippen LogP contribution in [0.5, 0.6) is 23.0 Å². The number of methoxy groups -OCH3 is 3. The minimum absolute atomic E-state index is 0.191. The highest BCUT2D eigenvalue weighted by atomic mass is 16.5. The van der Waals surface area contributed by atoms with Crippen LogP contribution >= 0.6 is 0 Å². The number of aromatic nitrogens is 1. The Balaban J connectivity index is 1.46. The molecule has 0 aliphatic heterocycles. The highest BCUT2D eigenvalue weighted by molar-refractivity contribution is 5.87. The van der Waals surface area contributed by atoms with Gasteiger partial charge in [-0.3, -0.25) is 4.79 Å². The zero-order chi connectivity index (χ0) is 29.5. The zero-order valence-corrected chi connectivity index (χ0v) is 23.8. The van der Waals surface area contributed by atoms with Crippen LogP contribution in [0, 0.1) is 0 Å². The van der Waals surface area contributed by atoms with Crippen molar-refractivity contribution >= 4 is 10.9 Å². The van der Waals surface area contributed by atoms with Crippen LogP contribution in [-0.4, -0.2) is 38.0 Å². The Hall–Kier alpha value is -4.79. The second kappa shape index (κ2) is 13.2. The van der Waals surface area contributed by atoms with E-state index in [1.165, 1.54) is 6.07 Å². The molecule has 0 spiro atoms. The summed E-state index contributed by atoms with van der Waals surface area (Å²) in [6.07, 6.45) is -0.914. The lowest BCUT2D eigenvalue weighted by atomic mass is 9.95. The van der Waals surface area contributed by atoms with E-state index in [1.807, 2.05) is 78.9 Å². The van der Waals surface area contributed by atoms with Crippen molar-refractivity contribution < 1.29 is 24.1 Å². The van der Waals surface area contributed by atoms with Gasteiger partial charge in [0.15, 0.2) is 0 Å². The fourth-order valence-corrected chi connectivity index (χ4v) is 5.08. The van der Waals surface area contributed by atoms with E-state index >= 15 is 0 Å². The number of hydrogen-bond donors (Lipinski definition) is 3. The Kier molecular flexibility index (Phi) is 9.06. The molecule has 4 aromatic carbocycles. The molecule has 0 fully saturated rings. The van der Waals surface area contributed by atoms with Crippen LogP contribution in [-0.2, 0) is 6.61 Å². The largest absolute Gasteiger partial charge is 0.497 e. The van der Waals surface area contributed by atoms with Gasteiger partial charge in [-0.05, 0) is 41.5 Å². The number of benzene rings is 4. The maximum atomic E-state index is 12.3. The molecule has 0 amide bonds. The van der Waals surface area contributed by atoms with Gasteiger partial charge in [0.1, 0.15) is 29.6 Å². The molecule has 5 rings (SSSR count). The molecule has 0 saturated carbocycles. The fourth-order valence-electron chi connectivity index (χ4n) is 5.08. The van der Waals surface area contributed by atoms with E-state index in [4.69, 9.17) is 18.9 Å². The molecule has 216 valence electrons. The number of aromatic amines is 1.